The largest absolute Gasteiger partial charge is 0.397 e. The van der Waals surface area contributed by atoms with Gasteiger partial charge >= 0.3 is 0 Å². The van der Waals surface area contributed by atoms with Gasteiger partial charge in [-0.1, -0.05) is 42.5 Å². The molecule has 22 heavy (non-hydrogen) atoms. The summed E-state index contributed by atoms with van der Waals surface area (Å²) in [5.74, 6) is 0. The number of anilines is 3. The second-order valence-corrected chi connectivity index (χ2v) is 6.24. The van der Waals surface area contributed by atoms with Crippen molar-refractivity contribution >= 4 is 38.0 Å². The number of hydrogen-bond acceptors (Lipinski definition) is 4. The zero-order valence-electron chi connectivity index (χ0n) is 11.5. The summed E-state index contributed by atoms with van der Waals surface area (Å²) in [6, 6.07) is 17.8. The van der Waals surface area contributed by atoms with Crippen molar-refractivity contribution in [1.82, 2.24) is 0 Å². The van der Waals surface area contributed by atoms with E-state index >= 15 is 0 Å². The van der Waals surface area contributed by atoms with Gasteiger partial charge in [-0.05, 0) is 18.2 Å². The fourth-order valence-electron chi connectivity index (χ4n) is 2.37. The molecule has 0 bridgehead atoms. The van der Waals surface area contributed by atoms with E-state index in [-0.39, 0.29) is 10.6 Å². The molecule has 0 aliphatic rings. The van der Waals surface area contributed by atoms with Crippen molar-refractivity contribution in [2.45, 2.75) is 4.90 Å². The summed E-state index contributed by atoms with van der Waals surface area (Å²) >= 11 is 0. The number of para-hydroxylation sites is 1. The minimum atomic E-state index is -4.40. The van der Waals surface area contributed by atoms with E-state index in [2.05, 4.69) is 5.32 Å². The van der Waals surface area contributed by atoms with Crippen LogP contribution in [0.25, 0.3) is 10.8 Å². The molecule has 0 aliphatic carbocycles. The van der Waals surface area contributed by atoms with Gasteiger partial charge in [0.2, 0.25) is 0 Å². The monoisotopic (exact) mass is 314 g/mol. The van der Waals surface area contributed by atoms with Gasteiger partial charge < -0.3 is 11.1 Å². The highest BCUT2D eigenvalue weighted by Crippen LogP contribution is 2.35. The summed E-state index contributed by atoms with van der Waals surface area (Å²) in [5, 5.41) is 4.50. The summed E-state index contributed by atoms with van der Waals surface area (Å²) in [6.45, 7) is 0. The van der Waals surface area contributed by atoms with E-state index < -0.39 is 10.1 Å². The van der Waals surface area contributed by atoms with Gasteiger partial charge in [0.15, 0.2) is 0 Å². The van der Waals surface area contributed by atoms with Crippen molar-refractivity contribution in [2.24, 2.45) is 0 Å². The Hall–Kier alpha value is -2.57. The van der Waals surface area contributed by atoms with Crippen LogP contribution >= 0.6 is 0 Å². The predicted molar refractivity (Wildman–Crippen MR) is 87.9 cm³/mol. The quantitative estimate of drug-likeness (QED) is 0.509. The van der Waals surface area contributed by atoms with Crippen LogP contribution in [0.2, 0.25) is 0 Å². The second-order valence-electron chi connectivity index (χ2n) is 4.85. The molecule has 3 aromatic rings. The lowest BCUT2D eigenvalue weighted by Gasteiger charge is -2.14. The Bertz CT molecular complexity index is 938. The Morgan fingerprint density at radius 3 is 2.14 bits per heavy atom. The summed E-state index contributed by atoms with van der Waals surface area (Å²) in [6.07, 6.45) is 0. The molecular weight excluding hydrogens is 300 g/mol. The van der Waals surface area contributed by atoms with Crippen LogP contribution in [0.4, 0.5) is 17.1 Å². The van der Waals surface area contributed by atoms with Crippen LogP contribution in [0.1, 0.15) is 0 Å². The lowest BCUT2D eigenvalue weighted by atomic mass is 10.1. The molecule has 5 nitrogen and oxygen atoms in total. The van der Waals surface area contributed by atoms with E-state index in [1.54, 1.807) is 12.1 Å². The van der Waals surface area contributed by atoms with Crippen molar-refractivity contribution in [3.8, 4) is 0 Å². The molecule has 0 aromatic heterocycles. The molecule has 3 rings (SSSR count). The van der Waals surface area contributed by atoms with E-state index in [1.807, 2.05) is 42.5 Å². The Balaban J connectivity index is 2.27. The van der Waals surface area contributed by atoms with Crippen LogP contribution in [0.5, 0.6) is 0 Å². The number of hydrogen-bond donors (Lipinski definition) is 3. The molecule has 6 heteroatoms. The molecular formula is C16H14N2O3S. The Kier molecular flexibility index (Phi) is 3.48. The van der Waals surface area contributed by atoms with Gasteiger partial charge in [-0.15, -0.1) is 0 Å². The van der Waals surface area contributed by atoms with Crippen molar-refractivity contribution in [3.05, 3.63) is 60.7 Å². The molecule has 0 saturated heterocycles. The van der Waals surface area contributed by atoms with Crippen LogP contribution in [0, 0.1) is 0 Å². The average Bonchev–Trinajstić information content (AvgIpc) is 2.50. The Morgan fingerprint density at radius 2 is 1.50 bits per heavy atom. The first-order valence-electron chi connectivity index (χ1n) is 6.57. The van der Waals surface area contributed by atoms with Gasteiger partial charge in [-0.2, -0.15) is 8.42 Å². The van der Waals surface area contributed by atoms with Crippen LogP contribution < -0.4 is 11.1 Å². The van der Waals surface area contributed by atoms with Gasteiger partial charge in [-0.25, -0.2) is 0 Å². The summed E-state index contributed by atoms with van der Waals surface area (Å²) in [5.41, 5.74) is 7.30. The van der Waals surface area contributed by atoms with E-state index in [1.165, 1.54) is 6.07 Å². The lowest BCUT2D eigenvalue weighted by Crippen LogP contribution is -2.05. The van der Waals surface area contributed by atoms with Crippen molar-refractivity contribution in [1.29, 1.82) is 0 Å². The highest BCUT2D eigenvalue weighted by molar-refractivity contribution is 7.86. The minimum absolute atomic E-state index is 0.0386. The van der Waals surface area contributed by atoms with Crippen LogP contribution in [-0.4, -0.2) is 13.0 Å². The van der Waals surface area contributed by atoms with E-state index in [4.69, 9.17) is 5.73 Å². The number of benzene rings is 3. The number of nitrogens with two attached hydrogens (primary N) is 1. The highest BCUT2D eigenvalue weighted by atomic mass is 32.2. The predicted octanol–water partition coefficient (Wildman–Crippen LogP) is 3.41. The SMILES string of the molecule is Nc1c(S(=O)(=O)O)cc(Nc2ccccc2)c2ccccc12. The molecule has 0 heterocycles. The summed E-state index contributed by atoms with van der Waals surface area (Å²) in [4.78, 5) is -0.301. The lowest BCUT2D eigenvalue weighted by molar-refractivity contribution is 0.484. The normalized spacial score (nSPS) is 11.5. The molecule has 0 saturated carbocycles. The van der Waals surface area contributed by atoms with Gasteiger partial charge in [0.1, 0.15) is 4.90 Å². The van der Waals surface area contributed by atoms with Gasteiger partial charge in [0.05, 0.1) is 5.69 Å². The van der Waals surface area contributed by atoms with E-state index in [0.29, 0.717) is 11.1 Å². The zero-order valence-corrected chi connectivity index (χ0v) is 12.3. The second kappa shape index (κ2) is 5.32. The minimum Gasteiger partial charge on any atom is -0.397 e. The molecule has 0 radical (unpaired) electrons. The molecule has 112 valence electrons. The topological polar surface area (TPSA) is 92.4 Å². The molecule has 0 aliphatic heterocycles. The maximum atomic E-state index is 11.5. The van der Waals surface area contributed by atoms with E-state index in [0.717, 1.165) is 11.1 Å². The third-order valence-electron chi connectivity index (χ3n) is 3.38. The fraction of sp³-hybridized carbons (Fsp3) is 0. The molecule has 4 N–H and O–H groups in total. The number of nitrogen functional groups attached to an aromatic ring is 1. The highest BCUT2D eigenvalue weighted by Gasteiger charge is 2.18. The number of nitrogens with one attached hydrogen (secondary N) is 1. The first-order chi connectivity index (χ1) is 10.5. The summed E-state index contributed by atoms with van der Waals surface area (Å²) < 4.78 is 32.5. The smallest absolute Gasteiger partial charge is 0.296 e. The van der Waals surface area contributed by atoms with Gasteiger partial charge in [-0.3, -0.25) is 4.55 Å². The number of fused-ring (bicyclic) bond motifs is 1. The molecule has 0 spiro atoms. The van der Waals surface area contributed by atoms with Gasteiger partial charge in [0.25, 0.3) is 10.1 Å². The first-order valence-corrected chi connectivity index (χ1v) is 8.01. The third kappa shape index (κ3) is 2.61. The Labute approximate surface area is 128 Å². The van der Waals surface area contributed by atoms with Crippen LogP contribution in [0.3, 0.4) is 0 Å². The van der Waals surface area contributed by atoms with Crippen molar-refractivity contribution in [2.75, 3.05) is 11.1 Å². The van der Waals surface area contributed by atoms with Gasteiger partial charge in [0, 0.05) is 22.1 Å². The van der Waals surface area contributed by atoms with Crippen molar-refractivity contribution < 1.29 is 13.0 Å². The number of rotatable bonds is 3. The standard InChI is InChI=1S/C16H14N2O3S/c17-16-13-9-5-4-8-12(13)14(10-15(16)22(19,20)21)18-11-6-2-1-3-7-11/h1-10,18H,17H2,(H,19,20,21). The third-order valence-corrected chi connectivity index (χ3v) is 4.27. The molecule has 3 aromatic carbocycles. The summed E-state index contributed by atoms with van der Waals surface area (Å²) in [7, 11) is -4.40. The van der Waals surface area contributed by atoms with Crippen molar-refractivity contribution in [3.63, 3.8) is 0 Å². The average molecular weight is 314 g/mol. The molecule has 0 unspecified atom stereocenters. The maximum Gasteiger partial charge on any atom is 0.296 e. The maximum absolute atomic E-state index is 11.5. The van der Waals surface area contributed by atoms with Crippen LogP contribution in [0.15, 0.2) is 65.6 Å². The Morgan fingerprint density at radius 1 is 0.909 bits per heavy atom. The molecule has 0 amide bonds. The van der Waals surface area contributed by atoms with Crippen LogP contribution in [-0.2, 0) is 10.1 Å². The molecule has 0 atom stereocenters. The van der Waals surface area contributed by atoms with E-state index in [9.17, 15) is 13.0 Å². The first kappa shape index (κ1) is 14.4. The molecule has 0 fully saturated rings. The fourth-order valence-corrected chi connectivity index (χ4v) is 3.02. The zero-order chi connectivity index (χ0) is 15.7.